The number of carbonyl (C=O) groups is 1. The first-order valence-corrected chi connectivity index (χ1v) is 6.35. The normalized spacial score (nSPS) is 10.2. The van der Waals surface area contributed by atoms with Gasteiger partial charge < -0.3 is 5.32 Å². The quantitative estimate of drug-likeness (QED) is 0.899. The Bertz CT molecular complexity index is 589. The highest BCUT2D eigenvalue weighted by molar-refractivity contribution is 9.10. The van der Waals surface area contributed by atoms with Crippen LogP contribution >= 0.6 is 39.1 Å². The highest BCUT2D eigenvalue weighted by atomic mass is 79.9. The molecule has 92 valence electrons. The number of benzene rings is 1. The van der Waals surface area contributed by atoms with Crippen LogP contribution in [0.25, 0.3) is 0 Å². The fourth-order valence-corrected chi connectivity index (χ4v) is 1.83. The summed E-state index contributed by atoms with van der Waals surface area (Å²) in [6.07, 6.45) is 2.60. The molecular weight excluding hydrogens is 341 g/mol. The second kappa shape index (κ2) is 5.65. The molecule has 2 aromatic rings. The Morgan fingerprint density at radius 2 is 2.00 bits per heavy atom. The monoisotopic (exact) mass is 345 g/mol. The summed E-state index contributed by atoms with van der Waals surface area (Å²) in [5.74, 6) is -0.404. The zero-order valence-electron chi connectivity index (χ0n) is 8.82. The van der Waals surface area contributed by atoms with E-state index in [9.17, 15) is 4.79 Å². The molecule has 0 spiro atoms. The van der Waals surface area contributed by atoms with Gasteiger partial charge in [-0.3, -0.25) is 4.79 Å². The molecule has 2 rings (SSSR count). The lowest BCUT2D eigenvalue weighted by atomic mass is 10.3. The fourth-order valence-electron chi connectivity index (χ4n) is 1.21. The van der Waals surface area contributed by atoms with Crippen molar-refractivity contribution in [2.45, 2.75) is 0 Å². The lowest BCUT2D eigenvalue weighted by Gasteiger charge is -2.06. The van der Waals surface area contributed by atoms with Gasteiger partial charge in [-0.15, -0.1) is 0 Å². The molecule has 0 aliphatic carbocycles. The number of hydrogen-bond acceptors (Lipinski definition) is 3. The molecule has 18 heavy (non-hydrogen) atoms. The summed E-state index contributed by atoms with van der Waals surface area (Å²) in [6.45, 7) is 0. The molecule has 7 heteroatoms. The van der Waals surface area contributed by atoms with Crippen LogP contribution in [0.2, 0.25) is 10.2 Å². The topological polar surface area (TPSA) is 54.9 Å². The predicted molar refractivity (Wildman–Crippen MR) is 74.1 cm³/mol. The fraction of sp³-hybridized carbons (Fsp3) is 0. The Hall–Kier alpha value is -1.17. The molecule has 1 amide bonds. The number of nitrogens with one attached hydrogen (secondary N) is 1. The smallest absolute Gasteiger partial charge is 0.275 e. The van der Waals surface area contributed by atoms with Crippen molar-refractivity contribution in [2.24, 2.45) is 0 Å². The van der Waals surface area contributed by atoms with Gasteiger partial charge in [0.25, 0.3) is 5.91 Å². The van der Waals surface area contributed by atoms with Crippen LogP contribution in [0.5, 0.6) is 0 Å². The van der Waals surface area contributed by atoms with Crippen LogP contribution in [0.3, 0.4) is 0 Å². The summed E-state index contributed by atoms with van der Waals surface area (Å²) in [5, 5.41) is 3.31. The van der Waals surface area contributed by atoms with E-state index in [-0.39, 0.29) is 10.8 Å². The minimum absolute atomic E-state index is 0.162. The Kier molecular flexibility index (Phi) is 4.16. The number of hydrogen-bond donors (Lipinski definition) is 1. The maximum atomic E-state index is 11.9. The number of carbonyl (C=O) groups excluding carboxylic acids is 1. The van der Waals surface area contributed by atoms with E-state index in [1.165, 1.54) is 12.4 Å². The Morgan fingerprint density at radius 1 is 1.22 bits per heavy atom. The van der Waals surface area contributed by atoms with E-state index in [0.29, 0.717) is 10.7 Å². The predicted octanol–water partition coefficient (Wildman–Crippen LogP) is 3.80. The molecule has 0 aliphatic rings. The Labute approximate surface area is 121 Å². The van der Waals surface area contributed by atoms with E-state index in [2.05, 4.69) is 31.2 Å². The summed E-state index contributed by atoms with van der Waals surface area (Å²) >= 11 is 14.8. The van der Waals surface area contributed by atoms with Crippen LogP contribution in [-0.4, -0.2) is 15.9 Å². The molecule has 0 atom stereocenters. The first kappa shape index (κ1) is 13.3. The molecule has 0 bridgehead atoms. The maximum absolute atomic E-state index is 11.9. The summed E-state index contributed by atoms with van der Waals surface area (Å²) in [7, 11) is 0. The molecule has 1 aromatic carbocycles. The zero-order chi connectivity index (χ0) is 13.1. The lowest BCUT2D eigenvalue weighted by Crippen LogP contribution is -2.14. The molecule has 4 nitrogen and oxygen atoms in total. The molecule has 0 unspecified atom stereocenters. The zero-order valence-corrected chi connectivity index (χ0v) is 11.9. The van der Waals surface area contributed by atoms with Gasteiger partial charge in [-0.2, -0.15) is 0 Å². The van der Waals surface area contributed by atoms with Gasteiger partial charge in [-0.05, 0) is 18.2 Å². The van der Waals surface area contributed by atoms with Crippen molar-refractivity contribution >= 4 is 50.7 Å². The third kappa shape index (κ3) is 3.19. The van der Waals surface area contributed by atoms with Crippen LogP contribution in [0.1, 0.15) is 10.5 Å². The number of aromatic nitrogens is 2. The number of anilines is 1. The molecule has 1 N–H and O–H groups in total. The van der Waals surface area contributed by atoms with E-state index in [0.717, 1.165) is 4.47 Å². The average Bonchev–Trinajstić information content (AvgIpc) is 2.34. The molecule has 1 heterocycles. The van der Waals surface area contributed by atoms with Crippen molar-refractivity contribution < 1.29 is 4.79 Å². The largest absolute Gasteiger partial charge is 0.319 e. The minimum Gasteiger partial charge on any atom is -0.319 e. The molecule has 1 aromatic heterocycles. The number of rotatable bonds is 2. The molecule has 0 aliphatic heterocycles. The van der Waals surface area contributed by atoms with Crippen molar-refractivity contribution in [3.05, 3.63) is 50.9 Å². The second-order valence-electron chi connectivity index (χ2n) is 3.30. The number of halogens is 3. The van der Waals surface area contributed by atoms with Crippen molar-refractivity contribution in [2.75, 3.05) is 5.32 Å². The maximum Gasteiger partial charge on any atom is 0.275 e. The number of nitrogens with zero attached hydrogens (tertiary/aromatic N) is 2. The van der Waals surface area contributed by atoms with Crippen LogP contribution < -0.4 is 5.32 Å². The van der Waals surface area contributed by atoms with Gasteiger partial charge in [-0.1, -0.05) is 39.1 Å². The summed E-state index contributed by atoms with van der Waals surface area (Å²) < 4.78 is 0.810. The van der Waals surface area contributed by atoms with E-state index >= 15 is 0 Å². The third-order valence-electron chi connectivity index (χ3n) is 2.03. The third-order valence-corrected chi connectivity index (χ3v) is 3.05. The molecule has 0 radical (unpaired) electrons. The number of amides is 1. The van der Waals surface area contributed by atoms with Crippen molar-refractivity contribution in [1.29, 1.82) is 0 Å². The van der Waals surface area contributed by atoms with Gasteiger partial charge >= 0.3 is 0 Å². The van der Waals surface area contributed by atoms with Crippen LogP contribution in [-0.2, 0) is 0 Å². The Balaban J connectivity index is 2.21. The van der Waals surface area contributed by atoms with Gasteiger partial charge in [0, 0.05) is 4.47 Å². The first-order chi connectivity index (χ1) is 8.56. The van der Waals surface area contributed by atoms with E-state index in [1.807, 2.05) is 0 Å². The van der Waals surface area contributed by atoms with Crippen molar-refractivity contribution in [3.63, 3.8) is 0 Å². The lowest BCUT2D eigenvalue weighted by molar-refractivity contribution is 0.102. The van der Waals surface area contributed by atoms with Crippen LogP contribution in [0, 0.1) is 0 Å². The second-order valence-corrected chi connectivity index (χ2v) is 5.01. The summed E-state index contributed by atoms with van der Waals surface area (Å²) in [4.78, 5) is 19.5. The van der Waals surface area contributed by atoms with Gasteiger partial charge in [0.2, 0.25) is 0 Å². The molecule has 0 saturated heterocycles. The van der Waals surface area contributed by atoms with Crippen molar-refractivity contribution in [3.8, 4) is 0 Å². The summed E-state index contributed by atoms with van der Waals surface area (Å²) in [6, 6.07) is 5.15. The molecule has 0 saturated carbocycles. The molecular formula is C11H6BrCl2N3O. The van der Waals surface area contributed by atoms with Gasteiger partial charge in [0.05, 0.1) is 23.1 Å². The van der Waals surface area contributed by atoms with Gasteiger partial charge in [-0.25, -0.2) is 9.97 Å². The highest BCUT2D eigenvalue weighted by Crippen LogP contribution is 2.25. The van der Waals surface area contributed by atoms with E-state index in [4.69, 9.17) is 23.2 Å². The van der Waals surface area contributed by atoms with Crippen molar-refractivity contribution in [1.82, 2.24) is 9.97 Å². The van der Waals surface area contributed by atoms with Crippen LogP contribution in [0.15, 0.2) is 35.1 Å². The highest BCUT2D eigenvalue weighted by Gasteiger charge is 2.10. The minimum atomic E-state index is -0.404. The average molecular weight is 347 g/mol. The Morgan fingerprint density at radius 3 is 2.67 bits per heavy atom. The van der Waals surface area contributed by atoms with E-state index in [1.54, 1.807) is 18.2 Å². The van der Waals surface area contributed by atoms with Crippen LogP contribution in [0.4, 0.5) is 5.69 Å². The standard InChI is InChI=1S/C11H6BrCl2N3O/c12-6-1-2-7(13)8(3-6)17-11(18)9-4-16-10(14)5-15-9/h1-5H,(H,17,18). The van der Waals surface area contributed by atoms with E-state index < -0.39 is 5.91 Å². The van der Waals surface area contributed by atoms with Gasteiger partial charge in [0.15, 0.2) is 0 Å². The van der Waals surface area contributed by atoms with Gasteiger partial charge in [0.1, 0.15) is 10.8 Å². The SMILES string of the molecule is O=C(Nc1cc(Br)ccc1Cl)c1cnc(Cl)cn1. The molecule has 0 fully saturated rings. The first-order valence-electron chi connectivity index (χ1n) is 4.80. The summed E-state index contributed by atoms with van der Waals surface area (Å²) in [5.41, 5.74) is 0.656.